The summed E-state index contributed by atoms with van der Waals surface area (Å²) >= 11 is 6.91. The molecule has 4 aromatic rings. The van der Waals surface area contributed by atoms with Gasteiger partial charge in [0.1, 0.15) is 5.01 Å². The number of nitrogens with one attached hydrogen (secondary N) is 2. The van der Waals surface area contributed by atoms with E-state index in [0.29, 0.717) is 0 Å². The minimum Gasteiger partial charge on any atom is -0.459 e. The monoisotopic (exact) mass is 393 g/mol. The number of carbonyl (C=O) groups excluding carboxylic acids is 1. The second kappa shape index (κ2) is 7.30. The molecular formula is C20H15N3O2S2. The van der Waals surface area contributed by atoms with E-state index in [-0.39, 0.29) is 10.9 Å². The molecule has 2 heterocycles. The summed E-state index contributed by atoms with van der Waals surface area (Å²) in [6.45, 7) is 2.00. The average Bonchev–Trinajstić information content (AvgIpc) is 3.33. The highest BCUT2D eigenvalue weighted by molar-refractivity contribution is 7.80. The molecule has 0 radical (unpaired) electrons. The number of carbonyl (C=O) groups is 1. The number of nitrogens with zero attached hydrogens (tertiary/aromatic N) is 1. The number of benzene rings is 2. The third-order valence-electron chi connectivity index (χ3n) is 4.08. The van der Waals surface area contributed by atoms with Crippen LogP contribution in [-0.2, 0) is 0 Å². The van der Waals surface area contributed by atoms with Gasteiger partial charge in [0.15, 0.2) is 10.9 Å². The Morgan fingerprint density at radius 1 is 1.11 bits per heavy atom. The number of rotatable bonds is 3. The van der Waals surface area contributed by atoms with Crippen LogP contribution < -0.4 is 10.6 Å². The first-order valence-electron chi connectivity index (χ1n) is 8.23. The minimum absolute atomic E-state index is 0.207. The molecule has 1 amide bonds. The van der Waals surface area contributed by atoms with Crippen molar-refractivity contribution in [1.82, 2.24) is 10.3 Å². The second-order valence-electron chi connectivity index (χ2n) is 5.85. The van der Waals surface area contributed by atoms with Crippen molar-refractivity contribution in [3.05, 3.63) is 72.2 Å². The summed E-state index contributed by atoms with van der Waals surface area (Å²) in [4.78, 5) is 16.8. The third-order valence-corrected chi connectivity index (χ3v) is 5.35. The summed E-state index contributed by atoms with van der Waals surface area (Å²) in [5, 5.41) is 6.85. The molecule has 0 bridgehead atoms. The van der Waals surface area contributed by atoms with Crippen molar-refractivity contribution < 1.29 is 9.21 Å². The van der Waals surface area contributed by atoms with Crippen LogP contribution in [0, 0.1) is 6.92 Å². The van der Waals surface area contributed by atoms with E-state index >= 15 is 0 Å². The molecule has 0 saturated carbocycles. The van der Waals surface area contributed by atoms with E-state index in [0.717, 1.165) is 32.0 Å². The molecule has 7 heteroatoms. The summed E-state index contributed by atoms with van der Waals surface area (Å²) in [5.41, 5.74) is 3.83. The number of para-hydroxylation sites is 1. The predicted octanol–water partition coefficient (Wildman–Crippen LogP) is 4.99. The SMILES string of the molecule is Cc1c(NC(=S)NC(=O)c2ccco2)cccc1-c1nc2ccccc2s1. The van der Waals surface area contributed by atoms with Gasteiger partial charge in [0, 0.05) is 11.3 Å². The first kappa shape index (κ1) is 17.4. The fraction of sp³-hybridized carbons (Fsp3) is 0.0500. The maximum absolute atomic E-state index is 12.0. The molecule has 5 nitrogen and oxygen atoms in total. The first-order chi connectivity index (χ1) is 13.1. The number of hydrogen-bond donors (Lipinski definition) is 2. The van der Waals surface area contributed by atoms with E-state index in [1.165, 1.54) is 6.26 Å². The van der Waals surface area contributed by atoms with Crippen molar-refractivity contribution in [2.75, 3.05) is 5.32 Å². The van der Waals surface area contributed by atoms with E-state index < -0.39 is 5.91 Å². The molecule has 27 heavy (non-hydrogen) atoms. The molecule has 2 aromatic heterocycles. The van der Waals surface area contributed by atoms with Gasteiger partial charge in [-0.05, 0) is 55.0 Å². The Bertz CT molecular complexity index is 1100. The van der Waals surface area contributed by atoms with E-state index in [1.54, 1.807) is 23.5 Å². The maximum Gasteiger partial charge on any atom is 0.293 e. The van der Waals surface area contributed by atoms with Crippen molar-refractivity contribution in [2.24, 2.45) is 0 Å². The molecule has 4 rings (SSSR count). The van der Waals surface area contributed by atoms with E-state index in [4.69, 9.17) is 21.6 Å². The molecule has 0 aliphatic carbocycles. The average molecular weight is 393 g/mol. The molecule has 2 aromatic carbocycles. The smallest absolute Gasteiger partial charge is 0.293 e. The number of aromatic nitrogens is 1. The normalized spacial score (nSPS) is 10.7. The van der Waals surface area contributed by atoms with Crippen LogP contribution in [0.3, 0.4) is 0 Å². The lowest BCUT2D eigenvalue weighted by Gasteiger charge is -2.13. The zero-order chi connectivity index (χ0) is 18.8. The zero-order valence-electron chi connectivity index (χ0n) is 14.4. The van der Waals surface area contributed by atoms with Crippen LogP contribution in [0.1, 0.15) is 16.1 Å². The number of hydrogen-bond acceptors (Lipinski definition) is 5. The summed E-state index contributed by atoms with van der Waals surface area (Å²) in [7, 11) is 0. The van der Waals surface area contributed by atoms with Gasteiger partial charge in [-0.3, -0.25) is 10.1 Å². The lowest BCUT2D eigenvalue weighted by Crippen LogP contribution is -2.34. The van der Waals surface area contributed by atoms with Crippen LogP contribution in [0.2, 0.25) is 0 Å². The van der Waals surface area contributed by atoms with Crippen LogP contribution in [-0.4, -0.2) is 16.0 Å². The van der Waals surface area contributed by atoms with Gasteiger partial charge in [0.25, 0.3) is 5.91 Å². The summed E-state index contributed by atoms with van der Waals surface area (Å²) in [6, 6.07) is 17.2. The fourth-order valence-electron chi connectivity index (χ4n) is 2.72. The lowest BCUT2D eigenvalue weighted by atomic mass is 10.1. The van der Waals surface area contributed by atoms with Crippen LogP contribution in [0.4, 0.5) is 5.69 Å². The summed E-state index contributed by atoms with van der Waals surface area (Å²) in [6.07, 6.45) is 1.44. The molecule has 2 N–H and O–H groups in total. The number of thiazole rings is 1. The van der Waals surface area contributed by atoms with Gasteiger partial charge in [-0.2, -0.15) is 0 Å². The van der Waals surface area contributed by atoms with Gasteiger partial charge in [0.05, 0.1) is 16.5 Å². The largest absolute Gasteiger partial charge is 0.459 e. The molecule has 134 valence electrons. The highest BCUT2D eigenvalue weighted by Gasteiger charge is 2.14. The van der Waals surface area contributed by atoms with Gasteiger partial charge in [-0.1, -0.05) is 24.3 Å². The van der Waals surface area contributed by atoms with Crippen LogP contribution in [0.15, 0.2) is 65.3 Å². The Hall–Kier alpha value is -3.03. The van der Waals surface area contributed by atoms with Crippen LogP contribution in [0.5, 0.6) is 0 Å². The Balaban J connectivity index is 1.56. The Kier molecular flexibility index (Phi) is 4.70. The van der Waals surface area contributed by atoms with Crippen molar-refractivity contribution in [3.8, 4) is 10.6 Å². The molecule has 0 atom stereocenters. The van der Waals surface area contributed by atoms with Gasteiger partial charge < -0.3 is 9.73 Å². The highest BCUT2D eigenvalue weighted by atomic mass is 32.1. The Morgan fingerprint density at radius 3 is 2.74 bits per heavy atom. The van der Waals surface area contributed by atoms with Crippen molar-refractivity contribution in [2.45, 2.75) is 6.92 Å². The van der Waals surface area contributed by atoms with E-state index in [9.17, 15) is 4.79 Å². The Labute approximate surface area is 165 Å². The second-order valence-corrected chi connectivity index (χ2v) is 7.29. The van der Waals surface area contributed by atoms with Gasteiger partial charge >= 0.3 is 0 Å². The number of fused-ring (bicyclic) bond motifs is 1. The fourth-order valence-corrected chi connectivity index (χ4v) is 3.97. The standard InChI is InChI=1S/C20H15N3O2S2/c1-12-13(19-21-15-7-2-3-10-17(15)27-19)6-4-8-14(12)22-20(26)23-18(24)16-9-5-11-25-16/h2-11H,1H3,(H2,22,23,24,26). The minimum atomic E-state index is -0.391. The molecule has 0 unspecified atom stereocenters. The predicted molar refractivity (Wildman–Crippen MR) is 112 cm³/mol. The number of furan rings is 1. The van der Waals surface area contributed by atoms with Gasteiger partial charge in [-0.15, -0.1) is 11.3 Å². The molecular weight excluding hydrogens is 378 g/mol. The Morgan fingerprint density at radius 2 is 1.96 bits per heavy atom. The summed E-state index contributed by atoms with van der Waals surface area (Å²) in [5.74, 6) is -0.184. The molecule has 0 aliphatic heterocycles. The van der Waals surface area contributed by atoms with Crippen molar-refractivity contribution in [3.63, 3.8) is 0 Å². The number of anilines is 1. The molecule has 0 spiro atoms. The zero-order valence-corrected chi connectivity index (χ0v) is 16.0. The van der Waals surface area contributed by atoms with E-state index in [1.807, 2.05) is 43.3 Å². The number of thiocarbonyl (C=S) groups is 1. The molecule has 0 aliphatic rings. The van der Waals surface area contributed by atoms with Crippen molar-refractivity contribution >= 4 is 50.5 Å². The first-order valence-corrected chi connectivity index (χ1v) is 9.45. The van der Waals surface area contributed by atoms with E-state index in [2.05, 4.69) is 16.7 Å². The van der Waals surface area contributed by atoms with Crippen molar-refractivity contribution in [1.29, 1.82) is 0 Å². The lowest BCUT2D eigenvalue weighted by molar-refractivity contribution is 0.0950. The summed E-state index contributed by atoms with van der Waals surface area (Å²) < 4.78 is 6.21. The highest BCUT2D eigenvalue weighted by Crippen LogP contribution is 2.34. The molecule has 0 fully saturated rings. The topological polar surface area (TPSA) is 67.2 Å². The van der Waals surface area contributed by atoms with Crippen LogP contribution >= 0.6 is 23.6 Å². The van der Waals surface area contributed by atoms with Crippen LogP contribution in [0.25, 0.3) is 20.8 Å². The quantitative estimate of drug-likeness (QED) is 0.480. The van der Waals surface area contributed by atoms with Gasteiger partial charge in [-0.25, -0.2) is 4.98 Å². The van der Waals surface area contributed by atoms with Gasteiger partial charge in [0.2, 0.25) is 0 Å². The third kappa shape index (κ3) is 3.60. The molecule has 0 saturated heterocycles. The maximum atomic E-state index is 12.0. The number of amides is 1.